The Morgan fingerprint density at radius 2 is 1.81 bits per heavy atom. The third-order valence-electron chi connectivity index (χ3n) is 6.76. The fraction of sp³-hybridized carbons (Fsp3) is 0.682. The molecule has 2 atom stereocenters. The first-order chi connectivity index (χ1) is 12.5. The standard InChI is InChI=1S/C22H35N3S/c1-16-9-7-10-20(18(16)3)23-22(26)25-14-12-19(13-15-25)24(4)21-11-6-5-8-17(21)2/h7,9-10,17,19,21H,5-6,8,11-15H2,1-4H3,(H,23,26)/t17-,21+/m0/s1. The maximum absolute atomic E-state index is 5.71. The summed E-state index contributed by atoms with van der Waals surface area (Å²) in [5.74, 6) is 0.846. The smallest absolute Gasteiger partial charge is 0.173 e. The zero-order valence-corrected chi connectivity index (χ0v) is 17.7. The lowest BCUT2D eigenvalue weighted by atomic mass is 9.84. The number of piperidine rings is 1. The maximum Gasteiger partial charge on any atom is 0.173 e. The van der Waals surface area contributed by atoms with Gasteiger partial charge in [-0.15, -0.1) is 0 Å². The highest BCUT2D eigenvalue weighted by Gasteiger charge is 2.31. The molecule has 0 aromatic heterocycles. The van der Waals surface area contributed by atoms with E-state index in [0.29, 0.717) is 6.04 Å². The number of hydrogen-bond acceptors (Lipinski definition) is 2. The summed E-state index contributed by atoms with van der Waals surface area (Å²) in [6.07, 6.45) is 8.04. The second-order valence-electron chi connectivity index (χ2n) is 8.39. The molecule has 1 saturated carbocycles. The van der Waals surface area contributed by atoms with Crippen LogP contribution >= 0.6 is 12.2 Å². The topological polar surface area (TPSA) is 18.5 Å². The van der Waals surface area contributed by atoms with Crippen LogP contribution in [0.3, 0.4) is 0 Å². The van der Waals surface area contributed by atoms with E-state index in [1.165, 1.54) is 49.7 Å². The van der Waals surface area contributed by atoms with Crippen molar-refractivity contribution >= 4 is 23.0 Å². The molecule has 1 saturated heterocycles. The molecule has 0 spiro atoms. The second-order valence-corrected chi connectivity index (χ2v) is 8.78. The van der Waals surface area contributed by atoms with Gasteiger partial charge in [-0.05, 0) is 81.9 Å². The summed E-state index contributed by atoms with van der Waals surface area (Å²) in [5.41, 5.74) is 3.74. The highest BCUT2D eigenvalue weighted by Crippen LogP contribution is 2.30. The summed E-state index contributed by atoms with van der Waals surface area (Å²) < 4.78 is 0. The second kappa shape index (κ2) is 8.71. The minimum Gasteiger partial charge on any atom is -0.349 e. The molecule has 0 amide bonds. The molecule has 3 rings (SSSR count). The summed E-state index contributed by atoms with van der Waals surface area (Å²) in [7, 11) is 2.36. The maximum atomic E-state index is 5.71. The molecule has 1 aliphatic carbocycles. The van der Waals surface area contributed by atoms with Gasteiger partial charge in [0, 0.05) is 30.9 Å². The SMILES string of the molecule is Cc1cccc(NC(=S)N2CCC(N(C)[C@@H]3CCCC[C@@H]3C)CC2)c1C. The van der Waals surface area contributed by atoms with Crippen molar-refractivity contribution in [1.29, 1.82) is 0 Å². The number of aryl methyl sites for hydroxylation is 1. The van der Waals surface area contributed by atoms with Crippen LogP contribution in [0.4, 0.5) is 5.69 Å². The Morgan fingerprint density at radius 1 is 1.12 bits per heavy atom. The van der Waals surface area contributed by atoms with E-state index in [9.17, 15) is 0 Å². The largest absolute Gasteiger partial charge is 0.349 e. The fourth-order valence-electron chi connectivity index (χ4n) is 4.73. The Labute approximate surface area is 165 Å². The number of anilines is 1. The van der Waals surface area contributed by atoms with E-state index >= 15 is 0 Å². The predicted molar refractivity (Wildman–Crippen MR) is 116 cm³/mol. The Kier molecular flexibility index (Phi) is 6.57. The van der Waals surface area contributed by atoms with Gasteiger partial charge < -0.3 is 15.1 Å². The number of nitrogens with one attached hydrogen (secondary N) is 1. The van der Waals surface area contributed by atoms with Crippen LogP contribution in [0.1, 0.15) is 56.6 Å². The molecule has 1 heterocycles. The molecule has 1 N–H and O–H groups in total. The average Bonchev–Trinajstić information content (AvgIpc) is 2.65. The first kappa shape index (κ1) is 19.6. The number of rotatable bonds is 3. The van der Waals surface area contributed by atoms with Crippen molar-refractivity contribution < 1.29 is 0 Å². The monoisotopic (exact) mass is 373 g/mol. The van der Waals surface area contributed by atoms with Crippen molar-refractivity contribution in [2.75, 3.05) is 25.5 Å². The van der Waals surface area contributed by atoms with Crippen LogP contribution < -0.4 is 5.32 Å². The van der Waals surface area contributed by atoms with E-state index < -0.39 is 0 Å². The van der Waals surface area contributed by atoms with Crippen molar-refractivity contribution in [2.45, 2.75) is 71.4 Å². The predicted octanol–water partition coefficient (Wildman–Crippen LogP) is 4.98. The molecule has 1 aliphatic heterocycles. The van der Waals surface area contributed by atoms with Crippen molar-refractivity contribution in [3.8, 4) is 0 Å². The van der Waals surface area contributed by atoms with Gasteiger partial charge in [0.25, 0.3) is 0 Å². The summed E-state index contributed by atoms with van der Waals surface area (Å²) in [6, 6.07) is 7.86. The van der Waals surface area contributed by atoms with Crippen LogP contribution in [-0.2, 0) is 0 Å². The normalized spacial score (nSPS) is 24.7. The minimum atomic E-state index is 0.709. The summed E-state index contributed by atoms with van der Waals surface area (Å²) in [4.78, 5) is 5.05. The Balaban J connectivity index is 1.53. The molecule has 4 heteroatoms. The quantitative estimate of drug-likeness (QED) is 0.753. The van der Waals surface area contributed by atoms with Crippen LogP contribution in [0.5, 0.6) is 0 Å². The molecule has 1 aromatic carbocycles. The van der Waals surface area contributed by atoms with E-state index in [-0.39, 0.29) is 0 Å². The van der Waals surface area contributed by atoms with Crippen molar-refractivity contribution in [2.24, 2.45) is 5.92 Å². The Bertz CT molecular complexity index is 622. The highest BCUT2D eigenvalue weighted by molar-refractivity contribution is 7.80. The first-order valence-electron chi connectivity index (χ1n) is 10.3. The van der Waals surface area contributed by atoms with Crippen molar-refractivity contribution in [3.05, 3.63) is 29.3 Å². The number of hydrogen-bond donors (Lipinski definition) is 1. The summed E-state index contributed by atoms with van der Waals surface area (Å²) in [6.45, 7) is 8.88. The summed E-state index contributed by atoms with van der Waals surface area (Å²) >= 11 is 5.71. The van der Waals surface area contributed by atoms with Gasteiger partial charge in [-0.2, -0.15) is 0 Å². The molecular formula is C22H35N3S. The van der Waals surface area contributed by atoms with Gasteiger partial charge in [-0.25, -0.2) is 0 Å². The molecule has 1 aromatic rings. The third-order valence-corrected chi connectivity index (χ3v) is 7.12. The van der Waals surface area contributed by atoms with E-state index in [4.69, 9.17) is 12.2 Å². The van der Waals surface area contributed by atoms with E-state index in [2.05, 4.69) is 61.1 Å². The van der Waals surface area contributed by atoms with Crippen LogP contribution in [0.15, 0.2) is 18.2 Å². The van der Waals surface area contributed by atoms with Crippen LogP contribution in [0.25, 0.3) is 0 Å². The van der Waals surface area contributed by atoms with Gasteiger partial charge in [-0.3, -0.25) is 0 Å². The average molecular weight is 374 g/mol. The Hall–Kier alpha value is -1.13. The zero-order chi connectivity index (χ0) is 18.7. The van der Waals surface area contributed by atoms with Crippen molar-refractivity contribution in [1.82, 2.24) is 9.80 Å². The molecule has 26 heavy (non-hydrogen) atoms. The zero-order valence-electron chi connectivity index (χ0n) is 16.9. The molecule has 0 unspecified atom stereocenters. The lowest BCUT2D eigenvalue weighted by Gasteiger charge is -2.44. The van der Waals surface area contributed by atoms with Gasteiger partial charge in [0.1, 0.15) is 0 Å². The number of likely N-dealkylation sites (tertiary alicyclic amines) is 1. The third kappa shape index (κ3) is 4.40. The molecule has 0 bridgehead atoms. The highest BCUT2D eigenvalue weighted by atomic mass is 32.1. The molecule has 144 valence electrons. The van der Waals surface area contributed by atoms with Gasteiger partial charge in [0.15, 0.2) is 5.11 Å². The van der Waals surface area contributed by atoms with Crippen LogP contribution in [0, 0.1) is 19.8 Å². The molecular weight excluding hydrogens is 338 g/mol. The number of benzene rings is 1. The molecule has 2 aliphatic rings. The lowest BCUT2D eigenvalue weighted by Crippen LogP contribution is -2.51. The van der Waals surface area contributed by atoms with E-state index in [1.54, 1.807) is 0 Å². The van der Waals surface area contributed by atoms with Crippen molar-refractivity contribution in [3.63, 3.8) is 0 Å². The van der Waals surface area contributed by atoms with Gasteiger partial charge in [0.2, 0.25) is 0 Å². The first-order valence-corrected chi connectivity index (χ1v) is 10.7. The molecule has 2 fully saturated rings. The van der Waals surface area contributed by atoms with E-state index in [1.807, 2.05) is 0 Å². The van der Waals surface area contributed by atoms with Crippen LogP contribution in [0.2, 0.25) is 0 Å². The fourth-order valence-corrected chi connectivity index (χ4v) is 5.02. The van der Waals surface area contributed by atoms with Gasteiger partial charge >= 0.3 is 0 Å². The van der Waals surface area contributed by atoms with Crippen LogP contribution in [-0.4, -0.2) is 47.1 Å². The lowest BCUT2D eigenvalue weighted by molar-refractivity contribution is 0.0691. The molecule has 3 nitrogen and oxygen atoms in total. The Morgan fingerprint density at radius 3 is 2.50 bits per heavy atom. The van der Waals surface area contributed by atoms with Gasteiger partial charge in [-0.1, -0.05) is 31.9 Å². The minimum absolute atomic E-state index is 0.709. The molecule has 0 radical (unpaired) electrons. The number of nitrogens with zero attached hydrogens (tertiary/aromatic N) is 2. The van der Waals surface area contributed by atoms with E-state index in [0.717, 1.165) is 35.8 Å². The number of thiocarbonyl (C=S) groups is 1. The van der Waals surface area contributed by atoms with Gasteiger partial charge in [0.05, 0.1) is 0 Å². The summed E-state index contributed by atoms with van der Waals surface area (Å²) in [5, 5.41) is 4.36.